The first kappa shape index (κ1) is 18.4. The van der Waals surface area contributed by atoms with Gasteiger partial charge in [0.1, 0.15) is 12.3 Å². The van der Waals surface area contributed by atoms with E-state index in [0.717, 1.165) is 11.9 Å². The Labute approximate surface area is 155 Å². The molecule has 0 radical (unpaired) electrons. The topological polar surface area (TPSA) is 79.5 Å². The quantitative estimate of drug-likeness (QED) is 0.494. The summed E-state index contributed by atoms with van der Waals surface area (Å²) in [6.07, 6.45) is 0.810. The molecule has 27 heavy (non-hydrogen) atoms. The van der Waals surface area contributed by atoms with Crippen LogP contribution in [-0.4, -0.2) is 28.2 Å². The summed E-state index contributed by atoms with van der Waals surface area (Å²) in [5, 5.41) is 0. The molecule has 0 atom stereocenters. The van der Waals surface area contributed by atoms with Crippen LogP contribution < -0.4 is 10.4 Å². The molecule has 3 rings (SSSR count). The van der Waals surface area contributed by atoms with E-state index in [4.69, 9.17) is 4.74 Å². The van der Waals surface area contributed by atoms with Gasteiger partial charge in [-0.05, 0) is 42.8 Å². The molecule has 2 aromatic carbocycles. The van der Waals surface area contributed by atoms with Crippen LogP contribution in [0, 0.1) is 0 Å². The summed E-state index contributed by atoms with van der Waals surface area (Å²) in [5.74, 6) is -0.747. The van der Waals surface area contributed by atoms with Gasteiger partial charge in [-0.3, -0.25) is 9.13 Å². The van der Waals surface area contributed by atoms with Crippen LogP contribution in [-0.2, 0) is 22.6 Å². The van der Waals surface area contributed by atoms with Crippen LogP contribution >= 0.6 is 0 Å². The van der Waals surface area contributed by atoms with E-state index in [2.05, 4.69) is 4.74 Å². The van der Waals surface area contributed by atoms with Crippen LogP contribution in [0.3, 0.4) is 0 Å². The Balaban J connectivity index is 1.81. The van der Waals surface area contributed by atoms with Crippen molar-refractivity contribution < 1.29 is 19.1 Å². The third-order valence-electron chi connectivity index (χ3n) is 4.17. The fourth-order valence-electron chi connectivity index (χ4n) is 2.93. The zero-order valence-corrected chi connectivity index (χ0v) is 15.2. The highest BCUT2D eigenvalue weighted by Crippen LogP contribution is 2.15. The van der Waals surface area contributed by atoms with Gasteiger partial charge in [0.05, 0.1) is 23.7 Å². The molecule has 140 valence electrons. The molecule has 7 nitrogen and oxygen atoms in total. The molecule has 0 unspecified atom stereocenters. The van der Waals surface area contributed by atoms with Crippen LogP contribution in [0.15, 0.2) is 53.3 Å². The van der Waals surface area contributed by atoms with Gasteiger partial charge in [0.25, 0.3) is 0 Å². The van der Waals surface area contributed by atoms with E-state index in [1.54, 1.807) is 10.6 Å². The molecule has 0 fully saturated rings. The van der Waals surface area contributed by atoms with E-state index in [9.17, 15) is 14.4 Å². The molecule has 0 bridgehead atoms. The van der Waals surface area contributed by atoms with Gasteiger partial charge < -0.3 is 9.47 Å². The summed E-state index contributed by atoms with van der Waals surface area (Å²) >= 11 is 0. The van der Waals surface area contributed by atoms with Gasteiger partial charge in [-0.1, -0.05) is 19.1 Å². The predicted octanol–water partition coefficient (Wildman–Crippen LogP) is 2.61. The third kappa shape index (κ3) is 3.76. The number of hydrogen-bond donors (Lipinski definition) is 0. The van der Waals surface area contributed by atoms with Crippen molar-refractivity contribution in [3.05, 3.63) is 64.6 Å². The van der Waals surface area contributed by atoms with Crippen LogP contribution in [0.2, 0.25) is 0 Å². The summed E-state index contributed by atoms with van der Waals surface area (Å²) in [7, 11) is 1.29. The second-order valence-electron chi connectivity index (χ2n) is 6.00. The number of fused-ring (bicyclic) bond motifs is 1. The van der Waals surface area contributed by atoms with Crippen molar-refractivity contribution in [3.8, 4) is 5.75 Å². The Morgan fingerprint density at radius 3 is 2.19 bits per heavy atom. The minimum Gasteiger partial charge on any atom is -0.465 e. The Morgan fingerprint density at radius 1 is 0.963 bits per heavy atom. The van der Waals surface area contributed by atoms with Crippen molar-refractivity contribution in [1.82, 2.24) is 9.13 Å². The number of para-hydroxylation sites is 2. The molecule has 0 aliphatic rings. The number of hydrogen-bond acceptors (Lipinski definition) is 5. The Hall–Kier alpha value is -3.35. The summed E-state index contributed by atoms with van der Waals surface area (Å²) < 4.78 is 13.0. The van der Waals surface area contributed by atoms with Crippen molar-refractivity contribution in [2.45, 2.75) is 26.4 Å². The number of nitrogens with zero attached hydrogens (tertiary/aromatic N) is 2. The average Bonchev–Trinajstić information content (AvgIpc) is 2.94. The van der Waals surface area contributed by atoms with Crippen LogP contribution in [0.1, 0.15) is 23.7 Å². The van der Waals surface area contributed by atoms with Gasteiger partial charge in [0, 0.05) is 6.54 Å². The second kappa shape index (κ2) is 7.90. The van der Waals surface area contributed by atoms with E-state index in [-0.39, 0.29) is 18.0 Å². The zero-order valence-electron chi connectivity index (χ0n) is 15.2. The number of carbonyl (C=O) groups is 2. The average molecular weight is 368 g/mol. The SMILES string of the molecule is CCCn1c(=O)n(CC(=O)Oc2ccc(C(=O)OC)cc2)c2ccccc21. The molecule has 0 spiro atoms. The number of aryl methyl sites for hydroxylation is 1. The Bertz CT molecular complexity index is 1030. The monoisotopic (exact) mass is 368 g/mol. The van der Waals surface area contributed by atoms with Crippen molar-refractivity contribution in [3.63, 3.8) is 0 Å². The Morgan fingerprint density at radius 2 is 1.59 bits per heavy atom. The summed E-state index contributed by atoms with van der Waals surface area (Å²) in [6.45, 7) is 2.37. The molecule has 0 saturated carbocycles. The van der Waals surface area contributed by atoms with Gasteiger partial charge in [-0.2, -0.15) is 0 Å². The Kier molecular flexibility index (Phi) is 5.40. The number of rotatable bonds is 6. The summed E-state index contributed by atoms with van der Waals surface area (Å²) in [6, 6.07) is 13.4. The molecule has 0 N–H and O–H groups in total. The van der Waals surface area contributed by atoms with Gasteiger partial charge in [0.2, 0.25) is 0 Å². The number of esters is 2. The standard InChI is InChI=1S/C20H20N2O5/c1-3-12-21-16-6-4-5-7-17(16)22(20(21)25)13-18(23)27-15-10-8-14(9-11-15)19(24)26-2/h4-11H,3,12-13H2,1-2H3. The predicted molar refractivity (Wildman–Crippen MR) is 99.9 cm³/mol. The molecule has 0 aliphatic heterocycles. The molecular weight excluding hydrogens is 348 g/mol. The van der Waals surface area contributed by atoms with E-state index < -0.39 is 11.9 Å². The number of imidazole rings is 1. The fourth-order valence-corrected chi connectivity index (χ4v) is 2.93. The van der Waals surface area contributed by atoms with Gasteiger partial charge in [-0.15, -0.1) is 0 Å². The van der Waals surface area contributed by atoms with Crippen LogP contribution in [0.25, 0.3) is 11.0 Å². The van der Waals surface area contributed by atoms with Crippen LogP contribution in [0.5, 0.6) is 5.75 Å². The lowest BCUT2D eigenvalue weighted by molar-refractivity contribution is -0.135. The number of methoxy groups -OCH3 is 1. The molecule has 3 aromatic rings. The molecule has 0 aliphatic carbocycles. The minimum absolute atomic E-state index is 0.200. The number of aromatic nitrogens is 2. The highest BCUT2D eigenvalue weighted by molar-refractivity contribution is 5.89. The van der Waals surface area contributed by atoms with Crippen molar-refractivity contribution >= 4 is 23.0 Å². The van der Waals surface area contributed by atoms with E-state index in [0.29, 0.717) is 17.6 Å². The summed E-state index contributed by atoms with van der Waals surface area (Å²) in [4.78, 5) is 36.5. The molecule has 1 aromatic heterocycles. The maximum atomic E-state index is 12.7. The third-order valence-corrected chi connectivity index (χ3v) is 4.17. The molecule has 0 saturated heterocycles. The minimum atomic E-state index is -0.567. The van der Waals surface area contributed by atoms with E-state index in [1.807, 2.05) is 25.1 Å². The first-order valence-corrected chi connectivity index (χ1v) is 8.62. The lowest BCUT2D eigenvalue weighted by Gasteiger charge is -2.06. The van der Waals surface area contributed by atoms with Crippen molar-refractivity contribution in [2.75, 3.05) is 7.11 Å². The summed E-state index contributed by atoms with van der Waals surface area (Å²) in [5.41, 5.74) is 1.60. The van der Waals surface area contributed by atoms with E-state index in [1.165, 1.54) is 35.9 Å². The maximum Gasteiger partial charge on any atom is 0.337 e. The maximum absolute atomic E-state index is 12.7. The number of carbonyl (C=O) groups excluding carboxylic acids is 2. The smallest absolute Gasteiger partial charge is 0.337 e. The lowest BCUT2D eigenvalue weighted by atomic mass is 10.2. The van der Waals surface area contributed by atoms with Crippen LogP contribution in [0.4, 0.5) is 0 Å². The lowest BCUT2D eigenvalue weighted by Crippen LogP contribution is -2.28. The molecule has 7 heteroatoms. The number of ether oxygens (including phenoxy) is 2. The largest absolute Gasteiger partial charge is 0.465 e. The highest BCUT2D eigenvalue weighted by Gasteiger charge is 2.16. The van der Waals surface area contributed by atoms with Gasteiger partial charge >= 0.3 is 17.6 Å². The molecular formula is C20H20N2O5. The normalized spacial score (nSPS) is 10.7. The second-order valence-corrected chi connectivity index (χ2v) is 6.00. The highest BCUT2D eigenvalue weighted by atomic mass is 16.5. The van der Waals surface area contributed by atoms with Crippen molar-refractivity contribution in [1.29, 1.82) is 0 Å². The van der Waals surface area contributed by atoms with Crippen molar-refractivity contribution in [2.24, 2.45) is 0 Å². The molecule has 1 heterocycles. The first-order valence-electron chi connectivity index (χ1n) is 8.62. The first-order chi connectivity index (χ1) is 13.0. The molecule has 0 amide bonds. The van der Waals surface area contributed by atoms with Gasteiger partial charge in [-0.25, -0.2) is 14.4 Å². The fraction of sp³-hybridized carbons (Fsp3) is 0.250. The van der Waals surface area contributed by atoms with E-state index >= 15 is 0 Å². The van der Waals surface area contributed by atoms with Gasteiger partial charge in [0.15, 0.2) is 0 Å². The number of benzene rings is 2. The zero-order chi connectivity index (χ0) is 19.4.